The lowest BCUT2D eigenvalue weighted by Crippen LogP contribution is -2.48. The molecule has 3 heteroatoms. The van der Waals surface area contributed by atoms with E-state index in [1.54, 1.807) is 0 Å². The lowest BCUT2D eigenvalue weighted by molar-refractivity contribution is 0.0785. The molecule has 2 heterocycles. The number of rotatable bonds is 3. The molecule has 2 aliphatic heterocycles. The number of hydrogen-bond donors (Lipinski definition) is 1. The summed E-state index contributed by atoms with van der Waals surface area (Å²) in [6.45, 7) is 3.36. The summed E-state index contributed by atoms with van der Waals surface area (Å²) in [6.07, 6.45) is 7.32. The van der Waals surface area contributed by atoms with Crippen LogP contribution < -0.4 is 5.32 Å². The second-order valence-corrected chi connectivity index (χ2v) is 7.04. The van der Waals surface area contributed by atoms with Crippen LogP contribution in [0.1, 0.15) is 39.0 Å². The predicted molar refractivity (Wildman–Crippen MR) is 68.9 cm³/mol. The Morgan fingerprint density at radius 3 is 2.75 bits per heavy atom. The van der Waals surface area contributed by atoms with Crippen molar-refractivity contribution in [2.24, 2.45) is 5.92 Å². The van der Waals surface area contributed by atoms with Gasteiger partial charge in [-0.3, -0.25) is 0 Å². The van der Waals surface area contributed by atoms with Gasteiger partial charge in [0.15, 0.2) is 0 Å². The first-order valence-corrected chi connectivity index (χ1v) is 7.89. The summed E-state index contributed by atoms with van der Waals surface area (Å²) in [6, 6.07) is 1.38. The van der Waals surface area contributed by atoms with E-state index in [1.807, 2.05) is 0 Å². The summed E-state index contributed by atoms with van der Waals surface area (Å²) in [4.78, 5) is 0. The zero-order chi connectivity index (χ0) is 11.0. The van der Waals surface area contributed by atoms with Gasteiger partial charge in [0, 0.05) is 23.9 Å². The predicted octanol–water partition coefficient (Wildman–Crippen LogP) is 2.43. The summed E-state index contributed by atoms with van der Waals surface area (Å²) < 4.78 is 5.90. The average Bonchev–Trinajstić information content (AvgIpc) is 3.03. The molecule has 0 radical (unpaired) electrons. The Morgan fingerprint density at radius 2 is 2.00 bits per heavy atom. The van der Waals surface area contributed by atoms with Crippen molar-refractivity contribution in [3.63, 3.8) is 0 Å². The van der Waals surface area contributed by atoms with Crippen LogP contribution in [0.15, 0.2) is 0 Å². The molecular formula is C13H23NOS. The van der Waals surface area contributed by atoms with E-state index < -0.39 is 0 Å². The molecule has 92 valence electrons. The molecule has 1 aliphatic carbocycles. The molecule has 0 aromatic rings. The minimum Gasteiger partial charge on any atom is -0.376 e. The van der Waals surface area contributed by atoms with Crippen LogP contribution in [0.3, 0.4) is 0 Å². The molecule has 3 aliphatic rings. The van der Waals surface area contributed by atoms with Gasteiger partial charge in [0.1, 0.15) is 0 Å². The van der Waals surface area contributed by atoms with Crippen LogP contribution in [-0.2, 0) is 4.74 Å². The average molecular weight is 241 g/mol. The molecule has 0 bridgehead atoms. The maximum atomic E-state index is 5.90. The Kier molecular flexibility index (Phi) is 3.46. The van der Waals surface area contributed by atoms with Gasteiger partial charge in [0.05, 0.1) is 6.10 Å². The second-order valence-electron chi connectivity index (χ2n) is 5.56. The summed E-state index contributed by atoms with van der Waals surface area (Å²) in [7, 11) is 0. The molecular weight excluding hydrogens is 218 g/mol. The van der Waals surface area contributed by atoms with Gasteiger partial charge in [-0.1, -0.05) is 6.92 Å². The molecule has 0 aromatic heterocycles. The van der Waals surface area contributed by atoms with Gasteiger partial charge in [0.25, 0.3) is 0 Å². The van der Waals surface area contributed by atoms with E-state index in [9.17, 15) is 0 Å². The quantitative estimate of drug-likeness (QED) is 0.820. The molecule has 16 heavy (non-hydrogen) atoms. The Hall–Kier alpha value is 0.270. The van der Waals surface area contributed by atoms with Crippen molar-refractivity contribution in [3.8, 4) is 0 Å². The minimum absolute atomic E-state index is 0.541. The highest BCUT2D eigenvalue weighted by Gasteiger charge is 2.41. The summed E-state index contributed by atoms with van der Waals surface area (Å²) in [5.41, 5.74) is 0. The fraction of sp³-hybridized carbons (Fsp3) is 1.00. The molecule has 0 spiro atoms. The van der Waals surface area contributed by atoms with Crippen LogP contribution in [0.2, 0.25) is 0 Å². The van der Waals surface area contributed by atoms with Crippen LogP contribution in [0.25, 0.3) is 0 Å². The van der Waals surface area contributed by atoms with Gasteiger partial charge in [-0.2, -0.15) is 11.8 Å². The summed E-state index contributed by atoms with van der Waals surface area (Å²) in [5.74, 6) is 2.23. The smallest absolute Gasteiger partial charge is 0.0757 e. The SMILES string of the molecule is CC1SCCCC1NC1CCOC1C1CC1. The fourth-order valence-electron chi connectivity index (χ4n) is 3.10. The lowest BCUT2D eigenvalue weighted by Gasteiger charge is -2.33. The number of ether oxygens (including phenoxy) is 1. The molecule has 1 saturated carbocycles. The highest BCUT2D eigenvalue weighted by Crippen LogP contribution is 2.39. The van der Waals surface area contributed by atoms with Gasteiger partial charge >= 0.3 is 0 Å². The molecule has 1 N–H and O–H groups in total. The zero-order valence-corrected chi connectivity index (χ0v) is 11.0. The largest absolute Gasteiger partial charge is 0.376 e. The van der Waals surface area contributed by atoms with E-state index >= 15 is 0 Å². The summed E-state index contributed by atoms with van der Waals surface area (Å²) >= 11 is 2.13. The minimum atomic E-state index is 0.541. The van der Waals surface area contributed by atoms with E-state index in [0.717, 1.165) is 23.8 Å². The van der Waals surface area contributed by atoms with Gasteiger partial charge in [-0.15, -0.1) is 0 Å². The first-order valence-electron chi connectivity index (χ1n) is 6.84. The molecule has 4 unspecified atom stereocenters. The third-order valence-corrected chi connectivity index (χ3v) is 5.64. The standard InChI is InChI=1S/C13H23NOS/c1-9-11(3-2-8-16-9)14-12-6-7-15-13(12)10-4-5-10/h9-14H,2-8H2,1H3. The molecule has 0 aromatic carbocycles. The van der Waals surface area contributed by atoms with Gasteiger partial charge in [-0.25, -0.2) is 0 Å². The van der Waals surface area contributed by atoms with Crippen LogP contribution in [0.4, 0.5) is 0 Å². The van der Waals surface area contributed by atoms with E-state index in [2.05, 4.69) is 24.0 Å². The third kappa shape index (κ3) is 2.41. The number of thioether (sulfide) groups is 1. The molecule has 3 fully saturated rings. The number of hydrogen-bond acceptors (Lipinski definition) is 3. The Balaban J connectivity index is 1.55. The van der Waals surface area contributed by atoms with Crippen molar-refractivity contribution in [1.29, 1.82) is 0 Å². The lowest BCUT2D eigenvalue weighted by atomic mass is 10.0. The van der Waals surface area contributed by atoms with E-state index in [1.165, 1.54) is 37.9 Å². The first kappa shape index (κ1) is 11.4. The van der Waals surface area contributed by atoms with Crippen molar-refractivity contribution < 1.29 is 4.74 Å². The van der Waals surface area contributed by atoms with E-state index in [4.69, 9.17) is 4.74 Å². The Labute approximate surface area is 103 Å². The van der Waals surface area contributed by atoms with Crippen LogP contribution in [0, 0.1) is 5.92 Å². The molecule has 0 amide bonds. The zero-order valence-electron chi connectivity index (χ0n) is 10.2. The van der Waals surface area contributed by atoms with Crippen LogP contribution in [0.5, 0.6) is 0 Å². The van der Waals surface area contributed by atoms with Crippen molar-refractivity contribution in [2.45, 2.75) is 62.5 Å². The molecule has 3 rings (SSSR count). The van der Waals surface area contributed by atoms with Crippen LogP contribution in [-0.4, -0.2) is 35.8 Å². The van der Waals surface area contributed by atoms with Gasteiger partial charge in [-0.05, 0) is 43.8 Å². The Morgan fingerprint density at radius 1 is 1.12 bits per heavy atom. The summed E-state index contributed by atoms with van der Waals surface area (Å²) in [5, 5.41) is 4.68. The maximum Gasteiger partial charge on any atom is 0.0757 e. The normalized spacial score (nSPS) is 44.8. The number of nitrogens with one attached hydrogen (secondary N) is 1. The van der Waals surface area contributed by atoms with E-state index in [0.29, 0.717) is 12.1 Å². The first-order chi connectivity index (χ1) is 7.84. The van der Waals surface area contributed by atoms with Crippen molar-refractivity contribution in [2.75, 3.05) is 12.4 Å². The molecule has 4 atom stereocenters. The second kappa shape index (κ2) is 4.87. The fourth-order valence-corrected chi connectivity index (χ4v) is 4.25. The molecule has 2 nitrogen and oxygen atoms in total. The maximum absolute atomic E-state index is 5.90. The van der Waals surface area contributed by atoms with Crippen molar-refractivity contribution >= 4 is 11.8 Å². The molecule has 2 saturated heterocycles. The van der Waals surface area contributed by atoms with Gasteiger partial charge < -0.3 is 10.1 Å². The van der Waals surface area contributed by atoms with E-state index in [-0.39, 0.29) is 0 Å². The monoisotopic (exact) mass is 241 g/mol. The topological polar surface area (TPSA) is 21.3 Å². The van der Waals surface area contributed by atoms with Gasteiger partial charge in [0.2, 0.25) is 0 Å². The highest BCUT2D eigenvalue weighted by molar-refractivity contribution is 7.99. The van der Waals surface area contributed by atoms with Crippen molar-refractivity contribution in [3.05, 3.63) is 0 Å². The van der Waals surface area contributed by atoms with Crippen LogP contribution >= 0.6 is 11.8 Å². The third-order valence-electron chi connectivity index (χ3n) is 4.26. The van der Waals surface area contributed by atoms with Crippen molar-refractivity contribution in [1.82, 2.24) is 5.32 Å². The Bertz CT molecular complexity index is 244. The highest BCUT2D eigenvalue weighted by atomic mass is 32.2.